The van der Waals surface area contributed by atoms with Crippen LogP contribution in [0.2, 0.25) is 0 Å². The third-order valence-corrected chi connectivity index (χ3v) is 4.27. The van der Waals surface area contributed by atoms with Gasteiger partial charge in [-0.3, -0.25) is 0 Å². The van der Waals surface area contributed by atoms with Crippen LogP contribution in [-0.2, 0) is 29.9 Å². The number of benzene rings is 2. The topological polar surface area (TPSA) is 0 Å². The molecule has 3 heteroatoms. The Hall–Kier alpha value is -1.57. The van der Waals surface area contributed by atoms with Crippen molar-refractivity contribution < 1.29 is 17.0 Å². The molecule has 0 radical (unpaired) electrons. The number of hydrogen-bond acceptors (Lipinski definition) is 0. The molecule has 0 heterocycles. The van der Waals surface area contributed by atoms with E-state index in [0.29, 0.717) is 0 Å². The molecule has 0 fully saturated rings. The van der Waals surface area contributed by atoms with Crippen LogP contribution in [0.1, 0.15) is 11.1 Å². The van der Waals surface area contributed by atoms with Crippen LogP contribution in [0.15, 0.2) is 98.1 Å². The van der Waals surface area contributed by atoms with Gasteiger partial charge < -0.3 is 0 Å². The summed E-state index contributed by atoms with van der Waals surface area (Å²) in [5.41, 5.74) is 2.75. The second kappa shape index (κ2) is 12.0. The summed E-state index contributed by atoms with van der Waals surface area (Å²) in [6.45, 7) is 7.48. The molecule has 0 aliphatic carbocycles. The zero-order chi connectivity index (χ0) is 19.5. The van der Waals surface area contributed by atoms with E-state index in [4.69, 9.17) is 18.6 Å². The van der Waals surface area contributed by atoms with E-state index in [2.05, 4.69) is 86.0 Å². The summed E-state index contributed by atoms with van der Waals surface area (Å²) in [7, 11) is 9.78. The molecule has 0 aromatic heterocycles. The van der Waals surface area contributed by atoms with Gasteiger partial charge in [0.15, 0.2) is 0 Å². The fourth-order valence-corrected chi connectivity index (χ4v) is 3.10. The Morgan fingerprint density at radius 1 is 0.704 bits per heavy atom. The fourth-order valence-electron chi connectivity index (χ4n) is 3.10. The molecule has 4 aromatic carbocycles. The number of rotatable bonds is 4. The normalized spacial score (nSPS) is 9.70. The monoisotopic (exact) mass is 428 g/mol. The molecule has 0 saturated carbocycles. The molecule has 27 heavy (non-hydrogen) atoms. The average Bonchev–Trinajstić information content (AvgIpc) is 3.29. The quantitative estimate of drug-likeness (QED) is 0.175. The molecule has 4 aromatic rings. The zero-order valence-corrected chi connectivity index (χ0v) is 18.2. The van der Waals surface area contributed by atoms with Crippen molar-refractivity contribution in [2.24, 2.45) is 0 Å². The van der Waals surface area contributed by atoms with E-state index < -0.39 is 17.0 Å². The summed E-state index contributed by atoms with van der Waals surface area (Å²) in [6.07, 6.45) is 5.82. The van der Waals surface area contributed by atoms with E-state index in [-0.39, 0.29) is 0 Å². The van der Waals surface area contributed by atoms with Gasteiger partial charge in [-0.1, -0.05) is 24.3 Å². The Balaban J connectivity index is 0.000000170. The van der Waals surface area contributed by atoms with Gasteiger partial charge in [0.25, 0.3) is 0 Å². The molecule has 0 nitrogen and oxygen atoms in total. The maximum atomic E-state index is 4.89. The average molecular weight is 429 g/mol. The Kier molecular flexibility index (Phi) is 9.66. The maximum absolute atomic E-state index is 4.89. The Morgan fingerprint density at radius 3 is 1.44 bits per heavy atom. The van der Waals surface area contributed by atoms with Crippen molar-refractivity contribution in [3.63, 3.8) is 0 Å². The number of allylic oxidation sites excluding steroid dienone is 2. The van der Waals surface area contributed by atoms with Gasteiger partial charge in [-0.25, -0.2) is 0 Å². The second-order valence-electron chi connectivity index (χ2n) is 5.95. The van der Waals surface area contributed by atoms with Gasteiger partial charge in [0.2, 0.25) is 0 Å². The zero-order valence-electron chi connectivity index (χ0n) is 15.2. The minimum absolute atomic E-state index is 0.556. The molecular formula is C24H22Cl2Ti-2. The third-order valence-electron chi connectivity index (χ3n) is 4.27. The molecule has 0 unspecified atom stereocenters. The van der Waals surface area contributed by atoms with Crippen molar-refractivity contribution in [1.82, 2.24) is 0 Å². The van der Waals surface area contributed by atoms with Crippen LogP contribution < -0.4 is 0 Å². The first-order valence-electron chi connectivity index (χ1n) is 8.69. The van der Waals surface area contributed by atoms with Crippen LogP contribution in [0.5, 0.6) is 0 Å². The SMILES string of the molecule is C=CC[c-]1ccc2ccccc21.C=CC[c-]1ccc2ccccc21.[Cl][Ti][Cl]. The van der Waals surface area contributed by atoms with Crippen molar-refractivity contribution >= 4 is 40.2 Å². The van der Waals surface area contributed by atoms with Gasteiger partial charge >= 0.3 is 35.6 Å². The number of halogens is 2. The van der Waals surface area contributed by atoms with Gasteiger partial charge in [0, 0.05) is 0 Å². The van der Waals surface area contributed by atoms with Gasteiger partial charge in [0.05, 0.1) is 0 Å². The van der Waals surface area contributed by atoms with Crippen molar-refractivity contribution in [3.8, 4) is 0 Å². The van der Waals surface area contributed by atoms with Crippen molar-refractivity contribution in [3.05, 3.63) is 109 Å². The standard InChI is InChI=1S/2C12H11.2ClH.Ti/c2*1-2-5-10-8-9-11-6-3-4-7-12(10)11;;;/h2*2-4,6-9H,1,5H2;2*1H;/q2*-1;;;+2/p-2. The minimum atomic E-state index is -0.556. The first-order chi connectivity index (χ1) is 13.2. The molecule has 0 N–H and O–H groups in total. The molecule has 0 bridgehead atoms. The van der Waals surface area contributed by atoms with E-state index >= 15 is 0 Å². The molecule has 0 saturated heterocycles. The molecule has 0 atom stereocenters. The van der Waals surface area contributed by atoms with Gasteiger partial charge in [-0.2, -0.15) is 12.1 Å². The second-order valence-corrected chi connectivity index (χ2v) is 8.53. The van der Waals surface area contributed by atoms with Gasteiger partial charge in [0.1, 0.15) is 0 Å². The van der Waals surface area contributed by atoms with Crippen LogP contribution in [0.4, 0.5) is 0 Å². The van der Waals surface area contributed by atoms with Crippen molar-refractivity contribution in [2.45, 2.75) is 12.8 Å². The number of hydrogen-bond donors (Lipinski definition) is 0. The Morgan fingerprint density at radius 2 is 1.07 bits per heavy atom. The van der Waals surface area contributed by atoms with Gasteiger partial charge in [-0.15, -0.1) is 94.4 Å². The molecule has 138 valence electrons. The Labute approximate surface area is 178 Å². The summed E-state index contributed by atoms with van der Waals surface area (Å²) in [5.74, 6) is 0. The van der Waals surface area contributed by atoms with E-state index in [1.165, 1.54) is 32.7 Å². The van der Waals surface area contributed by atoms with E-state index in [1.807, 2.05) is 12.2 Å². The summed E-state index contributed by atoms with van der Waals surface area (Å²) >= 11 is -0.556. The summed E-state index contributed by atoms with van der Waals surface area (Å²) in [6, 6.07) is 25.6. The fraction of sp³-hybridized carbons (Fsp3) is 0.0833. The molecule has 0 aliphatic heterocycles. The first-order valence-corrected chi connectivity index (χ1v) is 13.0. The summed E-state index contributed by atoms with van der Waals surface area (Å²) in [5, 5.41) is 5.37. The van der Waals surface area contributed by atoms with E-state index in [1.54, 1.807) is 0 Å². The van der Waals surface area contributed by atoms with Crippen LogP contribution in [-0.4, -0.2) is 0 Å². The summed E-state index contributed by atoms with van der Waals surface area (Å²) < 4.78 is 0. The molecule has 0 amide bonds. The van der Waals surface area contributed by atoms with Crippen LogP contribution in [0.3, 0.4) is 0 Å². The summed E-state index contributed by atoms with van der Waals surface area (Å²) in [4.78, 5) is 0. The molecule has 4 rings (SSSR count). The first kappa shape index (κ1) is 21.7. The third kappa shape index (κ3) is 6.23. The van der Waals surface area contributed by atoms with Gasteiger partial charge in [-0.05, 0) is 12.8 Å². The predicted molar refractivity (Wildman–Crippen MR) is 119 cm³/mol. The van der Waals surface area contributed by atoms with E-state index in [9.17, 15) is 0 Å². The van der Waals surface area contributed by atoms with Crippen LogP contribution >= 0.6 is 18.6 Å². The number of fused-ring (bicyclic) bond motifs is 2. The van der Waals surface area contributed by atoms with Crippen molar-refractivity contribution in [2.75, 3.05) is 0 Å². The van der Waals surface area contributed by atoms with E-state index in [0.717, 1.165) is 12.8 Å². The molecular weight excluding hydrogens is 407 g/mol. The van der Waals surface area contributed by atoms with Crippen LogP contribution in [0.25, 0.3) is 21.5 Å². The predicted octanol–water partition coefficient (Wildman–Crippen LogP) is 7.95. The van der Waals surface area contributed by atoms with Crippen LogP contribution in [0, 0.1) is 0 Å². The molecule has 0 spiro atoms. The van der Waals surface area contributed by atoms with Crippen molar-refractivity contribution in [1.29, 1.82) is 0 Å². The Bertz CT molecular complexity index is 898. The molecule has 0 aliphatic rings.